The van der Waals surface area contributed by atoms with Crippen LogP contribution < -0.4 is 15.4 Å². The molecule has 166 valence electrons. The molecule has 0 aliphatic rings. The molecule has 6 nitrogen and oxygen atoms in total. The van der Waals surface area contributed by atoms with Crippen LogP contribution >= 0.6 is 0 Å². The Morgan fingerprint density at radius 1 is 0.844 bits per heavy atom. The average Bonchev–Trinajstić information content (AvgIpc) is 2.84. The molecule has 0 unspecified atom stereocenters. The summed E-state index contributed by atoms with van der Waals surface area (Å²) in [6, 6.07) is 25.7. The highest BCUT2D eigenvalue weighted by atomic mass is 16.5. The predicted molar refractivity (Wildman–Crippen MR) is 129 cm³/mol. The number of aliphatic imine (C=N–C) groups is 1. The molecule has 0 saturated heterocycles. The maximum atomic E-state index is 12.0. The highest BCUT2D eigenvalue weighted by molar-refractivity contribution is 5.93. The van der Waals surface area contributed by atoms with Crippen molar-refractivity contribution in [3.05, 3.63) is 101 Å². The quantitative estimate of drug-likeness (QED) is 0.421. The van der Waals surface area contributed by atoms with E-state index in [9.17, 15) is 4.79 Å². The van der Waals surface area contributed by atoms with Crippen LogP contribution in [0.2, 0.25) is 0 Å². The molecule has 0 aliphatic heterocycles. The highest BCUT2D eigenvalue weighted by Gasteiger charge is 2.08. The van der Waals surface area contributed by atoms with E-state index < -0.39 is 0 Å². The number of nitrogens with zero attached hydrogens (tertiary/aromatic N) is 2. The van der Waals surface area contributed by atoms with Gasteiger partial charge in [0.05, 0.1) is 0 Å². The lowest BCUT2D eigenvalue weighted by Gasteiger charge is -2.15. The van der Waals surface area contributed by atoms with Gasteiger partial charge in [0.15, 0.2) is 5.96 Å². The van der Waals surface area contributed by atoms with Crippen LogP contribution in [-0.2, 0) is 19.7 Å². The van der Waals surface area contributed by atoms with Crippen LogP contribution in [0.1, 0.15) is 27.0 Å². The van der Waals surface area contributed by atoms with Gasteiger partial charge in [0, 0.05) is 45.4 Å². The van der Waals surface area contributed by atoms with Crippen LogP contribution in [0.25, 0.3) is 0 Å². The number of guanidine groups is 1. The van der Waals surface area contributed by atoms with E-state index in [-0.39, 0.29) is 5.91 Å². The number of para-hydroxylation sites is 1. The number of hydrogen-bond donors (Lipinski definition) is 2. The summed E-state index contributed by atoms with van der Waals surface area (Å²) in [5, 5.41) is 6.64. The van der Waals surface area contributed by atoms with Crippen molar-refractivity contribution in [1.29, 1.82) is 0 Å². The normalized spacial score (nSPS) is 11.0. The topological polar surface area (TPSA) is 66.0 Å². The van der Waals surface area contributed by atoms with Crippen molar-refractivity contribution >= 4 is 11.9 Å². The molecule has 0 spiro atoms. The monoisotopic (exact) mass is 430 g/mol. The predicted octanol–water partition coefficient (Wildman–Crippen LogP) is 3.83. The Labute approximate surface area is 189 Å². The molecule has 0 radical (unpaired) electrons. The maximum absolute atomic E-state index is 12.0. The third-order valence-corrected chi connectivity index (χ3v) is 4.95. The molecule has 0 fully saturated rings. The molecule has 0 saturated carbocycles. The molecule has 3 rings (SSSR count). The molecular formula is C26H30N4O2. The molecule has 32 heavy (non-hydrogen) atoms. The third-order valence-electron chi connectivity index (χ3n) is 4.95. The Hall–Kier alpha value is -3.80. The molecule has 0 aromatic heterocycles. The van der Waals surface area contributed by atoms with Gasteiger partial charge in [0.1, 0.15) is 12.4 Å². The summed E-state index contributed by atoms with van der Waals surface area (Å²) in [5.41, 5.74) is 3.92. The largest absolute Gasteiger partial charge is 0.489 e. The van der Waals surface area contributed by atoms with Crippen molar-refractivity contribution in [3.63, 3.8) is 0 Å². The van der Waals surface area contributed by atoms with E-state index in [1.54, 1.807) is 26.0 Å². The fourth-order valence-corrected chi connectivity index (χ4v) is 3.13. The number of amides is 1. The second-order valence-electron chi connectivity index (χ2n) is 7.56. The van der Waals surface area contributed by atoms with Gasteiger partial charge in [-0.05, 0) is 29.3 Å². The van der Waals surface area contributed by atoms with E-state index in [0.717, 1.165) is 22.4 Å². The highest BCUT2D eigenvalue weighted by Crippen LogP contribution is 2.19. The lowest BCUT2D eigenvalue weighted by atomic mass is 10.1. The van der Waals surface area contributed by atoms with Crippen molar-refractivity contribution < 1.29 is 9.53 Å². The first kappa shape index (κ1) is 22.9. The maximum Gasteiger partial charge on any atom is 0.253 e. The molecule has 6 heteroatoms. The first-order valence-electron chi connectivity index (χ1n) is 10.6. The second kappa shape index (κ2) is 11.6. The first-order valence-corrected chi connectivity index (χ1v) is 10.6. The Morgan fingerprint density at radius 2 is 1.50 bits per heavy atom. The zero-order valence-corrected chi connectivity index (χ0v) is 18.8. The molecule has 0 bridgehead atoms. The molecule has 0 heterocycles. The van der Waals surface area contributed by atoms with Gasteiger partial charge in [0.2, 0.25) is 0 Å². The Morgan fingerprint density at radius 3 is 2.19 bits per heavy atom. The molecule has 2 N–H and O–H groups in total. The van der Waals surface area contributed by atoms with Crippen molar-refractivity contribution in [2.45, 2.75) is 19.7 Å². The van der Waals surface area contributed by atoms with E-state index in [0.29, 0.717) is 31.2 Å². The smallest absolute Gasteiger partial charge is 0.253 e. The summed E-state index contributed by atoms with van der Waals surface area (Å²) in [4.78, 5) is 17.9. The fourth-order valence-electron chi connectivity index (χ4n) is 3.13. The lowest BCUT2D eigenvalue weighted by Crippen LogP contribution is -2.36. The SMILES string of the molecule is CN=C(NCc1ccc(C(=O)N(C)C)cc1)NCc1ccccc1OCc1ccccc1. The minimum atomic E-state index is -0.00451. The number of rotatable bonds is 8. The Kier molecular flexibility index (Phi) is 8.26. The van der Waals surface area contributed by atoms with Crippen molar-refractivity contribution in [2.24, 2.45) is 4.99 Å². The van der Waals surface area contributed by atoms with Crippen molar-refractivity contribution in [3.8, 4) is 5.75 Å². The van der Waals surface area contributed by atoms with Gasteiger partial charge >= 0.3 is 0 Å². The van der Waals surface area contributed by atoms with Crippen LogP contribution in [0, 0.1) is 0 Å². The zero-order chi connectivity index (χ0) is 22.8. The summed E-state index contributed by atoms with van der Waals surface area (Å²) >= 11 is 0. The molecule has 1 amide bonds. The van der Waals surface area contributed by atoms with Crippen molar-refractivity contribution in [1.82, 2.24) is 15.5 Å². The third kappa shape index (κ3) is 6.60. The molecular weight excluding hydrogens is 400 g/mol. The number of nitrogens with one attached hydrogen (secondary N) is 2. The summed E-state index contributed by atoms with van der Waals surface area (Å²) in [5.74, 6) is 1.53. The minimum absolute atomic E-state index is 0.00451. The second-order valence-corrected chi connectivity index (χ2v) is 7.56. The molecule has 0 aliphatic carbocycles. The lowest BCUT2D eigenvalue weighted by molar-refractivity contribution is 0.0827. The number of ether oxygens (including phenoxy) is 1. The van der Waals surface area contributed by atoms with E-state index in [1.807, 2.05) is 66.7 Å². The average molecular weight is 431 g/mol. The summed E-state index contributed by atoms with van der Waals surface area (Å²) < 4.78 is 6.03. The van der Waals surface area contributed by atoms with Crippen LogP contribution in [0.4, 0.5) is 0 Å². The van der Waals surface area contributed by atoms with Gasteiger partial charge in [-0.1, -0.05) is 60.7 Å². The van der Waals surface area contributed by atoms with Crippen LogP contribution in [0.5, 0.6) is 5.75 Å². The number of carbonyl (C=O) groups is 1. The first-order chi connectivity index (χ1) is 15.6. The molecule has 3 aromatic carbocycles. The number of benzene rings is 3. The van der Waals surface area contributed by atoms with Gasteiger partial charge in [-0.2, -0.15) is 0 Å². The number of hydrogen-bond acceptors (Lipinski definition) is 3. The molecule has 3 aromatic rings. The van der Waals surface area contributed by atoms with Crippen LogP contribution in [0.3, 0.4) is 0 Å². The summed E-state index contributed by atoms with van der Waals surface area (Å²) in [6.45, 7) is 1.71. The number of carbonyl (C=O) groups excluding carboxylic acids is 1. The van der Waals surface area contributed by atoms with E-state index in [2.05, 4.69) is 27.8 Å². The van der Waals surface area contributed by atoms with Gasteiger partial charge in [-0.25, -0.2) is 0 Å². The van der Waals surface area contributed by atoms with Gasteiger partial charge in [-0.3, -0.25) is 9.79 Å². The Bertz CT molecular complexity index is 1030. The summed E-state index contributed by atoms with van der Waals surface area (Å²) in [6.07, 6.45) is 0. The van der Waals surface area contributed by atoms with Crippen LogP contribution in [-0.4, -0.2) is 37.9 Å². The summed E-state index contributed by atoms with van der Waals surface area (Å²) in [7, 11) is 5.24. The van der Waals surface area contributed by atoms with Gasteiger partial charge < -0.3 is 20.3 Å². The van der Waals surface area contributed by atoms with E-state index >= 15 is 0 Å². The van der Waals surface area contributed by atoms with Crippen molar-refractivity contribution in [2.75, 3.05) is 21.1 Å². The molecule has 0 atom stereocenters. The minimum Gasteiger partial charge on any atom is -0.489 e. The van der Waals surface area contributed by atoms with Crippen LogP contribution in [0.15, 0.2) is 83.9 Å². The zero-order valence-electron chi connectivity index (χ0n) is 18.8. The standard InChI is InChI=1S/C26H30N4O2/c1-27-26(28-17-20-13-15-22(16-14-20)25(31)30(2)3)29-18-23-11-7-8-12-24(23)32-19-21-9-5-4-6-10-21/h4-16H,17-19H2,1-3H3,(H2,27,28,29). The van der Waals surface area contributed by atoms with E-state index in [4.69, 9.17) is 4.74 Å². The van der Waals surface area contributed by atoms with Gasteiger partial charge in [-0.15, -0.1) is 0 Å². The Balaban J connectivity index is 1.53. The van der Waals surface area contributed by atoms with E-state index in [1.165, 1.54) is 0 Å². The fraction of sp³-hybridized carbons (Fsp3) is 0.231. The van der Waals surface area contributed by atoms with Gasteiger partial charge in [0.25, 0.3) is 5.91 Å².